The van der Waals surface area contributed by atoms with Crippen LogP contribution in [0.3, 0.4) is 0 Å². The molecule has 0 radical (unpaired) electrons. The summed E-state index contributed by atoms with van der Waals surface area (Å²) < 4.78 is 55.0. The number of aromatic nitrogens is 2. The number of hydrogen-bond donors (Lipinski definition) is 2. The highest BCUT2D eigenvalue weighted by Gasteiger charge is 2.71. The van der Waals surface area contributed by atoms with Crippen molar-refractivity contribution in [3.63, 3.8) is 0 Å². The molecule has 2 aliphatic carbocycles. The number of aliphatic hydroxyl groups excluding tert-OH is 1. The van der Waals surface area contributed by atoms with Gasteiger partial charge in [0.05, 0.1) is 18.8 Å². The molecule has 0 aliphatic heterocycles. The second-order valence-corrected chi connectivity index (χ2v) is 8.43. The van der Waals surface area contributed by atoms with Gasteiger partial charge in [-0.1, -0.05) is 36.8 Å². The molecule has 2 saturated carbocycles. The van der Waals surface area contributed by atoms with E-state index in [0.29, 0.717) is 12.2 Å². The first-order valence-electron chi connectivity index (χ1n) is 10.5. The van der Waals surface area contributed by atoms with Crippen molar-refractivity contribution in [3.8, 4) is 0 Å². The number of alkyl halides is 4. The van der Waals surface area contributed by atoms with E-state index in [4.69, 9.17) is 0 Å². The summed E-state index contributed by atoms with van der Waals surface area (Å²) in [6.07, 6.45) is 1.71. The number of aliphatic hydroxyl groups is 1. The average Bonchev–Trinajstić information content (AvgIpc) is 2.98. The molecular formula is C22H25F4N3O2. The lowest BCUT2D eigenvalue weighted by Gasteiger charge is -2.43. The first kappa shape index (κ1) is 21.8. The lowest BCUT2D eigenvalue weighted by atomic mass is 9.74. The number of carbonyl (C=O) groups excluding carboxylic acids is 1. The summed E-state index contributed by atoms with van der Waals surface area (Å²) in [6.45, 7) is -0.0892. The van der Waals surface area contributed by atoms with Crippen LogP contribution in [-0.4, -0.2) is 39.2 Å². The van der Waals surface area contributed by atoms with Crippen molar-refractivity contribution in [3.05, 3.63) is 47.2 Å². The van der Waals surface area contributed by atoms with Gasteiger partial charge in [-0.15, -0.1) is 0 Å². The minimum atomic E-state index is -4.18. The summed E-state index contributed by atoms with van der Waals surface area (Å²) in [4.78, 5) is 12.5. The van der Waals surface area contributed by atoms with Crippen molar-refractivity contribution < 1.29 is 27.5 Å². The highest BCUT2D eigenvalue weighted by molar-refractivity contribution is 5.91. The predicted molar refractivity (Wildman–Crippen MR) is 106 cm³/mol. The van der Waals surface area contributed by atoms with Crippen LogP contribution in [0.5, 0.6) is 0 Å². The molecule has 0 bridgehead atoms. The average molecular weight is 439 g/mol. The molecule has 1 atom stereocenters. The standard InChI is InChI=1S/C22H25F4N3O2/c23-21(24)13-16(22(21,25)26)12-18(31)27-20-19(15-7-4-8-15)17(28-29(20)9-10-30)11-14-5-2-1-3-6-14/h1-3,5-6,15-16,30H,4,7-13H2,(H,27,31)/t16-/m1/s1. The topological polar surface area (TPSA) is 67.2 Å². The Hall–Kier alpha value is -2.42. The van der Waals surface area contributed by atoms with Gasteiger partial charge in [0.2, 0.25) is 5.91 Å². The fraction of sp³-hybridized carbons (Fsp3) is 0.545. The molecule has 0 spiro atoms. The lowest BCUT2D eigenvalue weighted by molar-refractivity contribution is -0.313. The third kappa shape index (κ3) is 4.07. The van der Waals surface area contributed by atoms with Gasteiger partial charge in [0.1, 0.15) is 5.82 Å². The Morgan fingerprint density at radius 1 is 1.19 bits per heavy atom. The summed E-state index contributed by atoms with van der Waals surface area (Å²) in [7, 11) is 0. The molecule has 0 saturated heterocycles. The van der Waals surface area contributed by atoms with Crippen LogP contribution in [0.25, 0.3) is 0 Å². The van der Waals surface area contributed by atoms with Gasteiger partial charge in [0.25, 0.3) is 0 Å². The Kier molecular flexibility index (Phi) is 5.81. The minimum Gasteiger partial charge on any atom is -0.394 e. The SMILES string of the molecule is O=C(C[C@@H]1CC(F)(F)C1(F)F)Nc1c(C2CCC2)c(Cc2ccccc2)nn1CCO. The second-order valence-electron chi connectivity index (χ2n) is 8.43. The smallest absolute Gasteiger partial charge is 0.313 e. The molecule has 1 amide bonds. The molecular weight excluding hydrogens is 414 g/mol. The maximum atomic E-state index is 13.6. The van der Waals surface area contributed by atoms with Gasteiger partial charge >= 0.3 is 11.8 Å². The van der Waals surface area contributed by atoms with Gasteiger partial charge in [-0.2, -0.15) is 22.7 Å². The maximum Gasteiger partial charge on any atom is 0.313 e. The number of rotatable bonds is 8. The van der Waals surface area contributed by atoms with Crippen molar-refractivity contribution in [2.45, 2.75) is 62.8 Å². The highest BCUT2D eigenvalue weighted by atomic mass is 19.3. The van der Waals surface area contributed by atoms with Crippen molar-refractivity contribution in [1.82, 2.24) is 9.78 Å². The number of benzene rings is 1. The first-order valence-corrected chi connectivity index (χ1v) is 10.5. The summed E-state index contributed by atoms with van der Waals surface area (Å²) in [5.74, 6) is -10.1. The monoisotopic (exact) mass is 439 g/mol. The zero-order chi connectivity index (χ0) is 22.2. The van der Waals surface area contributed by atoms with E-state index >= 15 is 0 Å². The summed E-state index contributed by atoms with van der Waals surface area (Å²) in [5, 5.41) is 16.7. The van der Waals surface area contributed by atoms with Crippen molar-refractivity contribution >= 4 is 11.7 Å². The Morgan fingerprint density at radius 2 is 1.90 bits per heavy atom. The van der Waals surface area contributed by atoms with E-state index in [2.05, 4.69) is 10.4 Å². The van der Waals surface area contributed by atoms with Gasteiger partial charge in [0, 0.05) is 30.7 Å². The molecule has 2 aliphatic rings. The Bertz CT molecular complexity index is 942. The molecule has 1 heterocycles. The molecule has 2 fully saturated rings. The van der Waals surface area contributed by atoms with Gasteiger partial charge in [-0.05, 0) is 24.3 Å². The van der Waals surface area contributed by atoms with E-state index in [1.165, 1.54) is 4.68 Å². The van der Waals surface area contributed by atoms with Crippen molar-refractivity contribution in [1.29, 1.82) is 0 Å². The van der Waals surface area contributed by atoms with Gasteiger partial charge in [-0.25, -0.2) is 4.68 Å². The van der Waals surface area contributed by atoms with E-state index in [0.717, 1.165) is 36.1 Å². The Morgan fingerprint density at radius 3 is 2.45 bits per heavy atom. The molecule has 168 valence electrons. The van der Waals surface area contributed by atoms with Crippen LogP contribution in [0.2, 0.25) is 0 Å². The van der Waals surface area contributed by atoms with Crippen LogP contribution in [0.1, 0.15) is 54.8 Å². The van der Waals surface area contributed by atoms with Crippen LogP contribution in [0, 0.1) is 5.92 Å². The zero-order valence-electron chi connectivity index (χ0n) is 17.0. The number of amides is 1. The molecule has 2 N–H and O–H groups in total. The van der Waals surface area contributed by atoms with Crippen molar-refractivity contribution in [2.75, 3.05) is 11.9 Å². The van der Waals surface area contributed by atoms with Crippen LogP contribution in [0.4, 0.5) is 23.4 Å². The molecule has 31 heavy (non-hydrogen) atoms. The molecule has 1 aromatic carbocycles. The van der Waals surface area contributed by atoms with Gasteiger partial charge < -0.3 is 10.4 Å². The van der Waals surface area contributed by atoms with E-state index in [-0.39, 0.29) is 19.1 Å². The fourth-order valence-corrected chi connectivity index (χ4v) is 4.31. The number of nitrogens with zero attached hydrogens (tertiary/aromatic N) is 2. The van der Waals surface area contributed by atoms with Crippen LogP contribution in [-0.2, 0) is 17.8 Å². The molecule has 2 aromatic rings. The van der Waals surface area contributed by atoms with Gasteiger partial charge in [0.15, 0.2) is 0 Å². The molecule has 9 heteroatoms. The Balaban J connectivity index is 1.59. The quantitative estimate of drug-likeness (QED) is 0.601. The minimum absolute atomic E-state index is 0.127. The highest BCUT2D eigenvalue weighted by Crippen LogP contribution is 2.56. The van der Waals surface area contributed by atoms with E-state index < -0.39 is 36.5 Å². The van der Waals surface area contributed by atoms with Gasteiger partial charge in [-0.3, -0.25) is 4.79 Å². The molecule has 0 unspecified atom stereocenters. The third-order valence-corrected chi connectivity index (χ3v) is 6.30. The van der Waals surface area contributed by atoms with Crippen LogP contribution >= 0.6 is 0 Å². The van der Waals surface area contributed by atoms with E-state index in [9.17, 15) is 27.5 Å². The van der Waals surface area contributed by atoms with Crippen LogP contribution < -0.4 is 5.32 Å². The summed E-state index contributed by atoms with van der Waals surface area (Å²) in [5.41, 5.74) is 2.65. The lowest BCUT2D eigenvalue weighted by Crippen LogP contribution is -2.59. The van der Waals surface area contributed by atoms with E-state index in [1.54, 1.807) is 0 Å². The van der Waals surface area contributed by atoms with Crippen LogP contribution in [0.15, 0.2) is 30.3 Å². The largest absolute Gasteiger partial charge is 0.394 e. The third-order valence-electron chi connectivity index (χ3n) is 6.30. The molecule has 5 nitrogen and oxygen atoms in total. The number of hydrogen-bond acceptors (Lipinski definition) is 3. The van der Waals surface area contributed by atoms with Crippen molar-refractivity contribution in [2.24, 2.45) is 5.92 Å². The number of nitrogens with one attached hydrogen (secondary N) is 1. The Labute approximate surface area is 177 Å². The normalized spacial score (nSPS) is 21.9. The first-order chi connectivity index (χ1) is 14.7. The zero-order valence-corrected chi connectivity index (χ0v) is 17.0. The second kappa shape index (κ2) is 8.26. The fourth-order valence-electron chi connectivity index (χ4n) is 4.31. The molecule has 1 aromatic heterocycles. The summed E-state index contributed by atoms with van der Waals surface area (Å²) >= 11 is 0. The summed E-state index contributed by atoms with van der Waals surface area (Å²) in [6, 6.07) is 9.67. The number of anilines is 1. The van der Waals surface area contributed by atoms with E-state index in [1.807, 2.05) is 30.3 Å². The molecule has 4 rings (SSSR count). The number of halogens is 4. The number of carbonyl (C=O) groups is 1. The predicted octanol–water partition coefficient (Wildman–Crippen LogP) is 4.35. The maximum absolute atomic E-state index is 13.6.